The van der Waals surface area contributed by atoms with E-state index in [1.165, 1.54) is 0 Å². The number of carbonyl (C=O) groups is 1. The lowest BCUT2D eigenvalue weighted by Crippen LogP contribution is -2.43. The van der Waals surface area contributed by atoms with E-state index in [1.807, 2.05) is 0 Å². The monoisotopic (exact) mass is 283 g/mol. The average molecular weight is 283 g/mol. The molecule has 1 aliphatic heterocycles. The Balaban J connectivity index is 2.68. The fraction of sp³-hybridized carbons (Fsp3) is 0.938. The second-order valence-electron chi connectivity index (χ2n) is 6.59. The molecule has 0 bridgehead atoms. The van der Waals surface area contributed by atoms with Gasteiger partial charge in [-0.05, 0) is 31.3 Å². The van der Waals surface area contributed by atoms with Crippen LogP contribution in [-0.2, 0) is 4.79 Å². The van der Waals surface area contributed by atoms with Crippen molar-refractivity contribution in [3.05, 3.63) is 0 Å². The first-order chi connectivity index (χ1) is 9.40. The molecule has 0 aliphatic carbocycles. The minimum Gasteiger partial charge on any atom is -0.324 e. The number of rotatable bonds is 8. The van der Waals surface area contributed by atoms with E-state index in [1.54, 1.807) is 0 Å². The molecule has 0 saturated carbocycles. The van der Waals surface area contributed by atoms with E-state index in [0.717, 1.165) is 32.6 Å². The third-order valence-electron chi connectivity index (χ3n) is 4.21. The predicted molar refractivity (Wildman–Crippen MR) is 84.5 cm³/mol. The van der Waals surface area contributed by atoms with Gasteiger partial charge in [0.05, 0.1) is 12.2 Å². The largest absolute Gasteiger partial charge is 0.324 e. The van der Waals surface area contributed by atoms with Gasteiger partial charge in [-0.2, -0.15) is 0 Å². The van der Waals surface area contributed by atoms with Crippen LogP contribution in [0, 0.1) is 11.8 Å². The quantitative estimate of drug-likeness (QED) is 0.741. The topological polar surface area (TPSA) is 35.6 Å². The molecule has 4 heteroatoms. The standard InChI is InChI=1S/C16H33N3O/c1-7-18(8-2)9-10-19-14(11-12(3)4)17-15(13(5)6)16(19)20/h12-15,17H,7-11H2,1-6H3. The normalized spacial score (nSPS) is 23.6. The summed E-state index contributed by atoms with van der Waals surface area (Å²) in [6.07, 6.45) is 1.25. The minimum absolute atomic E-state index is 0.00421. The molecule has 1 heterocycles. The molecule has 1 fully saturated rings. The van der Waals surface area contributed by atoms with Crippen molar-refractivity contribution in [3.63, 3.8) is 0 Å². The highest BCUT2D eigenvalue weighted by molar-refractivity contribution is 5.84. The molecule has 0 spiro atoms. The van der Waals surface area contributed by atoms with E-state index in [0.29, 0.717) is 11.8 Å². The van der Waals surface area contributed by atoms with Crippen LogP contribution in [0.1, 0.15) is 48.0 Å². The van der Waals surface area contributed by atoms with Crippen LogP contribution in [0.5, 0.6) is 0 Å². The van der Waals surface area contributed by atoms with E-state index in [2.05, 4.69) is 56.7 Å². The maximum Gasteiger partial charge on any atom is 0.241 e. The molecular formula is C16H33N3O. The lowest BCUT2D eigenvalue weighted by atomic mass is 10.0. The molecular weight excluding hydrogens is 250 g/mol. The molecule has 0 radical (unpaired) electrons. The highest BCUT2D eigenvalue weighted by Gasteiger charge is 2.39. The van der Waals surface area contributed by atoms with Gasteiger partial charge in [-0.1, -0.05) is 41.5 Å². The van der Waals surface area contributed by atoms with Crippen LogP contribution < -0.4 is 5.32 Å². The SMILES string of the molecule is CCN(CC)CCN1C(=O)C(C(C)C)NC1CC(C)C. The Labute approximate surface area is 124 Å². The lowest BCUT2D eigenvalue weighted by Gasteiger charge is -2.28. The number of amides is 1. The maximum atomic E-state index is 12.6. The van der Waals surface area contributed by atoms with Crippen molar-refractivity contribution in [3.8, 4) is 0 Å². The summed E-state index contributed by atoms with van der Waals surface area (Å²) in [5.74, 6) is 1.25. The van der Waals surface area contributed by atoms with Crippen molar-refractivity contribution in [2.24, 2.45) is 11.8 Å². The van der Waals surface area contributed by atoms with Crippen LogP contribution in [-0.4, -0.2) is 54.1 Å². The molecule has 118 valence electrons. The Morgan fingerprint density at radius 1 is 1.20 bits per heavy atom. The summed E-state index contributed by atoms with van der Waals surface area (Å²) in [6, 6.07) is -0.00421. The molecule has 20 heavy (non-hydrogen) atoms. The maximum absolute atomic E-state index is 12.6. The molecule has 1 saturated heterocycles. The first-order valence-electron chi connectivity index (χ1n) is 8.19. The lowest BCUT2D eigenvalue weighted by molar-refractivity contribution is -0.131. The first-order valence-corrected chi connectivity index (χ1v) is 8.19. The summed E-state index contributed by atoms with van der Waals surface area (Å²) in [7, 11) is 0. The summed E-state index contributed by atoms with van der Waals surface area (Å²) in [4.78, 5) is 17.0. The van der Waals surface area contributed by atoms with Gasteiger partial charge in [-0.15, -0.1) is 0 Å². The summed E-state index contributed by atoms with van der Waals surface area (Å²) >= 11 is 0. The second-order valence-corrected chi connectivity index (χ2v) is 6.59. The summed E-state index contributed by atoms with van der Waals surface area (Å²) < 4.78 is 0. The molecule has 1 aliphatic rings. The van der Waals surface area contributed by atoms with Gasteiger partial charge in [0.15, 0.2) is 0 Å². The number of hydrogen-bond acceptors (Lipinski definition) is 3. The van der Waals surface area contributed by atoms with Gasteiger partial charge < -0.3 is 9.80 Å². The van der Waals surface area contributed by atoms with Gasteiger partial charge in [-0.25, -0.2) is 0 Å². The van der Waals surface area contributed by atoms with Gasteiger partial charge in [0.2, 0.25) is 5.91 Å². The van der Waals surface area contributed by atoms with E-state index in [-0.39, 0.29) is 18.1 Å². The zero-order valence-corrected chi connectivity index (χ0v) is 14.1. The van der Waals surface area contributed by atoms with E-state index < -0.39 is 0 Å². The van der Waals surface area contributed by atoms with Gasteiger partial charge >= 0.3 is 0 Å². The van der Waals surface area contributed by atoms with Crippen molar-refractivity contribution in [1.82, 2.24) is 15.1 Å². The van der Waals surface area contributed by atoms with Crippen molar-refractivity contribution in [2.45, 2.75) is 60.2 Å². The van der Waals surface area contributed by atoms with Crippen molar-refractivity contribution in [1.29, 1.82) is 0 Å². The Hall–Kier alpha value is -0.610. The second kappa shape index (κ2) is 7.99. The smallest absolute Gasteiger partial charge is 0.241 e. The number of hydrogen-bond donors (Lipinski definition) is 1. The van der Waals surface area contributed by atoms with Gasteiger partial charge in [0, 0.05) is 13.1 Å². The van der Waals surface area contributed by atoms with Gasteiger partial charge in [-0.3, -0.25) is 10.1 Å². The molecule has 4 nitrogen and oxygen atoms in total. The zero-order valence-electron chi connectivity index (χ0n) is 14.1. The van der Waals surface area contributed by atoms with Crippen LogP contribution in [0.4, 0.5) is 0 Å². The molecule has 0 aromatic heterocycles. The van der Waals surface area contributed by atoms with Crippen LogP contribution in [0.25, 0.3) is 0 Å². The highest BCUT2D eigenvalue weighted by atomic mass is 16.2. The zero-order chi connectivity index (χ0) is 15.3. The van der Waals surface area contributed by atoms with E-state index in [9.17, 15) is 4.79 Å². The van der Waals surface area contributed by atoms with Crippen LogP contribution >= 0.6 is 0 Å². The minimum atomic E-state index is -0.00421. The van der Waals surface area contributed by atoms with Crippen LogP contribution in [0.15, 0.2) is 0 Å². The summed E-state index contributed by atoms with van der Waals surface area (Å²) in [5.41, 5.74) is 0. The number of nitrogens with one attached hydrogen (secondary N) is 1. The number of likely N-dealkylation sites (N-methyl/N-ethyl adjacent to an activating group) is 1. The Kier molecular flexibility index (Phi) is 6.96. The van der Waals surface area contributed by atoms with Crippen molar-refractivity contribution < 1.29 is 4.79 Å². The third-order valence-corrected chi connectivity index (χ3v) is 4.21. The Bertz CT molecular complexity index is 300. The molecule has 2 atom stereocenters. The summed E-state index contributed by atoms with van der Waals surface area (Å²) in [6.45, 7) is 16.9. The Morgan fingerprint density at radius 3 is 2.25 bits per heavy atom. The van der Waals surface area contributed by atoms with E-state index >= 15 is 0 Å². The molecule has 0 aromatic carbocycles. The average Bonchev–Trinajstić information content (AvgIpc) is 2.67. The molecule has 1 rings (SSSR count). The van der Waals surface area contributed by atoms with Gasteiger partial charge in [0.1, 0.15) is 0 Å². The first kappa shape index (κ1) is 17.4. The number of nitrogens with zero attached hydrogens (tertiary/aromatic N) is 2. The molecule has 1 N–H and O–H groups in total. The van der Waals surface area contributed by atoms with Crippen molar-refractivity contribution in [2.75, 3.05) is 26.2 Å². The summed E-state index contributed by atoms with van der Waals surface area (Å²) in [5, 5.41) is 3.54. The molecule has 2 unspecified atom stereocenters. The van der Waals surface area contributed by atoms with Crippen LogP contribution in [0.3, 0.4) is 0 Å². The van der Waals surface area contributed by atoms with Crippen LogP contribution in [0.2, 0.25) is 0 Å². The third kappa shape index (κ3) is 4.45. The fourth-order valence-corrected chi connectivity index (χ4v) is 2.88. The Morgan fingerprint density at radius 2 is 1.80 bits per heavy atom. The fourth-order valence-electron chi connectivity index (χ4n) is 2.88. The number of carbonyl (C=O) groups excluding carboxylic acids is 1. The van der Waals surface area contributed by atoms with Gasteiger partial charge in [0.25, 0.3) is 0 Å². The molecule has 0 aromatic rings. The van der Waals surface area contributed by atoms with Crippen molar-refractivity contribution >= 4 is 5.91 Å². The molecule has 1 amide bonds. The van der Waals surface area contributed by atoms with E-state index in [4.69, 9.17) is 0 Å². The predicted octanol–water partition coefficient (Wildman–Crippen LogP) is 2.16. The highest BCUT2D eigenvalue weighted by Crippen LogP contribution is 2.21.